The van der Waals surface area contributed by atoms with Crippen molar-refractivity contribution in [3.63, 3.8) is 0 Å². The Hall–Kier alpha value is -1.22. The van der Waals surface area contributed by atoms with Crippen LogP contribution in [0.2, 0.25) is 0 Å². The molecular formula is C16H15BrF2. The van der Waals surface area contributed by atoms with Gasteiger partial charge in [-0.2, -0.15) is 0 Å². The summed E-state index contributed by atoms with van der Waals surface area (Å²) < 4.78 is 26.4. The molecule has 0 nitrogen and oxygen atoms in total. The summed E-state index contributed by atoms with van der Waals surface area (Å²) in [6.45, 7) is 4.26. The lowest BCUT2D eigenvalue weighted by atomic mass is 9.99. The van der Waals surface area contributed by atoms with Gasteiger partial charge < -0.3 is 0 Å². The number of alkyl halides is 1. The average molecular weight is 325 g/mol. The summed E-state index contributed by atoms with van der Waals surface area (Å²) in [5.41, 5.74) is 2.80. The van der Waals surface area contributed by atoms with Crippen molar-refractivity contribution in [1.82, 2.24) is 0 Å². The van der Waals surface area contributed by atoms with Gasteiger partial charge >= 0.3 is 0 Å². The molecule has 0 aliphatic heterocycles. The van der Waals surface area contributed by atoms with E-state index >= 15 is 0 Å². The molecule has 0 aliphatic carbocycles. The first kappa shape index (κ1) is 14.2. The highest BCUT2D eigenvalue weighted by molar-refractivity contribution is 9.09. The molecule has 0 N–H and O–H groups in total. The van der Waals surface area contributed by atoms with Crippen LogP contribution in [0, 0.1) is 11.6 Å². The molecule has 0 heterocycles. The van der Waals surface area contributed by atoms with Crippen molar-refractivity contribution < 1.29 is 8.78 Å². The molecule has 2 aromatic rings. The van der Waals surface area contributed by atoms with Crippen molar-refractivity contribution in [1.29, 1.82) is 0 Å². The normalized spacial score (nSPS) is 12.7. The minimum absolute atomic E-state index is 0.209. The molecule has 100 valence electrons. The van der Waals surface area contributed by atoms with Crippen LogP contribution in [0.25, 0.3) is 0 Å². The summed E-state index contributed by atoms with van der Waals surface area (Å²) in [5.74, 6) is -0.647. The molecule has 1 unspecified atom stereocenters. The largest absolute Gasteiger partial charge is 0.207 e. The maximum absolute atomic E-state index is 13.2. The molecule has 3 heteroatoms. The summed E-state index contributed by atoms with van der Waals surface area (Å²) in [6, 6.07) is 11.6. The number of rotatable bonds is 3. The van der Waals surface area contributed by atoms with E-state index in [0.717, 1.165) is 11.6 Å². The number of hydrogen-bond acceptors (Lipinski definition) is 0. The van der Waals surface area contributed by atoms with Gasteiger partial charge in [-0.25, -0.2) is 8.78 Å². The Morgan fingerprint density at radius 2 is 1.26 bits per heavy atom. The van der Waals surface area contributed by atoms with Crippen LogP contribution in [0.4, 0.5) is 8.78 Å². The van der Waals surface area contributed by atoms with Crippen molar-refractivity contribution in [3.8, 4) is 0 Å². The zero-order chi connectivity index (χ0) is 14.0. The van der Waals surface area contributed by atoms with Crippen molar-refractivity contribution in [2.24, 2.45) is 0 Å². The van der Waals surface area contributed by atoms with Crippen LogP contribution < -0.4 is 0 Å². The molecule has 1 atom stereocenters. The van der Waals surface area contributed by atoms with Crippen LogP contribution >= 0.6 is 15.9 Å². The number of halogens is 3. The third-order valence-electron chi connectivity index (χ3n) is 3.07. The van der Waals surface area contributed by atoms with Crippen LogP contribution in [-0.4, -0.2) is 0 Å². The Bertz CT molecular complexity index is 541. The van der Waals surface area contributed by atoms with Crippen molar-refractivity contribution in [2.45, 2.75) is 24.6 Å². The summed E-state index contributed by atoms with van der Waals surface area (Å²) in [7, 11) is 0. The summed E-state index contributed by atoms with van der Waals surface area (Å²) in [4.78, 5) is -0.209. The first-order chi connectivity index (χ1) is 8.97. The fraction of sp³-hybridized carbons (Fsp3) is 0.250. The molecule has 0 radical (unpaired) electrons. The molecule has 0 saturated carbocycles. The maximum atomic E-state index is 13.2. The highest BCUT2D eigenvalue weighted by atomic mass is 79.9. The van der Waals surface area contributed by atoms with Crippen molar-refractivity contribution >= 4 is 15.9 Å². The van der Waals surface area contributed by atoms with Crippen molar-refractivity contribution in [3.05, 3.63) is 70.8 Å². The Morgan fingerprint density at radius 3 is 1.74 bits per heavy atom. The van der Waals surface area contributed by atoms with Crippen LogP contribution in [0.1, 0.15) is 41.3 Å². The maximum Gasteiger partial charge on any atom is 0.126 e. The van der Waals surface area contributed by atoms with Gasteiger partial charge in [0.25, 0.3) is 0 Å². The second-order valence-electron chi connectivity index (χ2n) is 4.89. The smallest absolute Gasteiger partial charge is 0.126 e. The minimum atomic E-state index is -0.557. The molecule has 2 rings (SSSR count). The quantitative estimate of drug-likeness (QED) is 0.647. The molecule has 2 aromatic carbocycles. The molecule has 0 fully saturated rings. The highest BCUT2D eigenvalue weighted by Crippen LogP contribution is 2.32. The molecule has 0 bridgehead atoms. The van der Waals surface area contributed by atoms with Gasteiger partial charge in [0.2, 0.25) is 0 Å². The standard InChI is InChI=1S/C16H15BrF2/c1-10(2)11-3-5-12(6-4-11)16(17)13-7-14(18)9-15(19)8-13/h3-10,16H,1-2H3. The predicted octanol–water partition coefficient (Wildman–Crippen LogP) is 5.57. The fourth-order valence-corrected chi connectivity index (χ4v) is 2.53. The zero-order valence-electron chi connectivity index (χ0n) is 10.8. The monoisotopic (exact) mass is 324 g/mol. The minimum Gasteiger partial charge on any atom is -0.207 e. The van der Waals surface area contributed by atoms with Gasteiger partial charge in [-0.1, -0.05) is 54.0 Å². The second kappa shape index (κ2) is 5.83. The lowest BCUT2D eigenvalue weighted by Crippen LogP contribution is -1.96. The van der Waals surface area contributed by atoms with Crippen LogP contribution in [0.5, 0.6) is 0 Å². The third kappa shape index (κ3) is 3.41. The summed E-state index contributed by atoms with van der Waals surface area (Å²) >= 11 is 3.49. The van der Waals surface area contributed by atoms with Gasteiger partial charge in [-0.15, -0.1) is 0 Å². The predicted molar refractivity (Wildman–Crippen MR) is 77.7 cm³/mol. The number of hydrogen-bond donors (Lipinski definition) is 0. The molecule has 0 aliphatic rings. The van der Waals surface area contributed by atoms with Gasteiger partial charge in [0, 0.05) is 6.07 Å². The van der Waals surface area contributed by atoms with Gasteiger partial charge in [0.05, 0.1) is 4.83 Å². The van der Waals surface area contributed by atoms with Crippen molar-refractivity contribution in [2.75, 3.05) is 0 Å². The van der Waals surface area contributed by atoms with E-state index in [4.69, 9.17) is 0 Å². The van der Waals surface area contributed by atoms with E-state index in [1.165, 1.54) is 17.7 Å². The van der Waals surface area contributed by atoms with Gasteiger partial charge in [-0.05, 0) is 34.7 Å². The van der Waals surface area contributed by atoms with E-state index in [9.17, 15) is 8.78 Å². The third-order valence-corrected chi connectivity index (χ3v) is 4.13. The second-order valence-corrected chi connectivity index (χ2v) is 5.80. The molecule has 0 saturated heterocycles. The summed E-state index contributed by atoms with van der Waals surface area (Å²) in [5, 5.41) is 0. The molecule has 0 amide bonds. The Morgan fingerprint density at radius 1 is 0.789 bits per heavy atom. The molecule has 19 heavy (non-hydrogen) atoms. The van der Waals surface area contributed by atoms with Crippen LogP contribution in [0.3, 0.4) is 0 Å². The zero-order valence-corrected chi connectivity index (χ0v) is 12.4. The topological polar surface area (TPSA) is 0 Å². The van der Waals surface area contributed by atoms with E-state index in [0.29, 0.717) is 11.5 Å². The SMILES string of the molecule is CC(C)c1ccc(C(Br)c2cc(F)cc(F)c2)cc1. The first-order valence-corrected chi connectivity index (χ1v) is 7.09. The van der Waals surface area contributed by atoms with Gasteiger partial charge in [-0.3, -0.25) is 0 Å². The number of benzene rings is 2. The molecule has 0 spiro atoms. The molecular weight excluding hydrogens is 310 g/mol. The fourth-order valence-electron chi connectivity index (χ4n) is 1.96. The molecule has 0 aromatic heterocycles. The van der Waals surface area contributed by atoms with E-state index in [2.05, 4.69) is 29.8 Å². The van der Waals surface area contributed by atoms with Crippen LogP contribution in [-0.2, 0) is 0 Å². The van der Waals surface area contributed by atoms with E-state index < -0.39 is 11.6 Å². The van der Waals surface area contributed by atoms with E-state index in [1.807, 2.05) is 24.3 Å². The lowest BCUT2D eigenvalue weighted by molar-refractivity contribution is 0.580. The highest BCUT2D eigenvalue weighted by Gasteiger charge is 2.13. The lowest BCUT2D eigenvalue weighted by Gasteiger charge is -2.13. The Kier molecular flexibility index (Phi) is 4.35. The van der Waals surface area contributed by atoms with Crippen LogP contribution in [0.15, 0.2) is 42.5 Å². The van der Waals surface area contributed by atoms with E-state index in [1.54, 1.807) is 0 Å². The average Bonchev–Trinajstić information content (AvgIpc) is 2.37. The Balaban J connectivity index is 2.30. The summed E-state index contributed by atoms with van der Waals surface area (Å²) in [6.07, 6.45) is 0. The van der Waals surface area contributed by atoms with Gasteiger partial charge in [0.15, 0.2) is 0 Å². The van der Waals surface area contributed by atoms with Gasteiger partial charge in [0.1, 0.15) is 11.6 Å². The van der Waals surface area contributed by atoms with E-state index in [-0.39, 0.29) is 4.83 Å². The Labute approximate surface area is 120 Å². The first-order valence-electron chi connectivity index (χ1n) is 6.17.